The fraction of sp³-hybridized carbons (Fsp3) is 0.412. The number of aromatic nitrogens is 1. The van der Waals surface area contributed by atoms with Crippen LogP contribution in [0.25, 0.3) is 6.08 Å². The van der Waals surface area contributed by atoms with Crippen LogP contribution >= 0.6 is 0 Å². The van der Waals surface area contributed by atoms with Gasteiger partial charge in [-0.25, -0.2) is 4.57 Å². The van der Waals surface area contributed by atoms with Crippen molar-refractivity contribution in [2.45, 2.75) is 87.6 Å². The summed E-state index contributed by atoms with van der Waals surface area (Å²) in [7, 11) is 0. The van der Waals surface area contributed by atoms with Gasteiger partial charge in [-0.3, -0.25) is 4.79 Å². The Morgan fingerprint density at radius 3 is 2.49 bits per heavy atom. The molecule has 1 aliphatic carbocycles. The monoisotopic (exact) mass is 499 g/mol. The summed E-state index contributed by atoms with van der Waals surface area (Å²) in [4.78, 5) is 12.8. The van der Waals surface area contributed by atoms with Gasteiger partial charge in [0.25, 0.3) is 0 Å². The fourth-order valence-corrected chi connectivity index (χ4v) is 4.95. The fourth-order valence-electron chi connectivity index (χ4n) is 4.95. The van der Waals surface area contributed by atoms with Crippen LogP contribution in [0.3, 0.4) is 0 Å². The first kappa shape index (κ1) is 30.0. The molecule has 0 spiro atoms. The number of aryl methyl sites for hydroxylation is 2. The lowest BCUT2D eigenvalue weighted by molar-refractivity contribution is -0.699. The third-order valence-electron chi connectivity index (χ3n) is 7.22. The van der Waals surface area contributed by atoms with Gasteiger partial charge in [0.15, 0.2) is 11.9 Å². The highest BCUT2D eigenvalue weighted by Crippen LogP contribution is 2.40. The average Bonchev–Trinajstić information content (AvgIpc) is 2.83. The molecule has 0 atom stereocenters. The SMILES string of the molecule is C=CC=Cc1c(NC(=O)CC=C(C)C=CC=C(C)C=CC2=C(C)CCCC2(C)C)c(C)c[n+](CC)c1C. The Hall–Kier alpha value is -3.20. The minimum Gasteiger partial charge on any atom is -0.325 e. The van der Waals surface area contributed by atoms with E-state index in [4.69, 9.17) is 0 Å². The summed E-state index contributed by atoms with van der Waals surface area (Å²) in [5, 5.41) is 3.14. The molecule has 3 heteroatoms. The van der Waals surface area contributed by atoms with Crippen molar-refractivity contribution < 1.29 is 9.36 Å². The van der Waals surface area contributed by atoms with Crippen LogP contribution in [0.2, 0.25) is 0 Å². The number of pyridine rings is 1. The summed E-state index contributed by atoms with van der Waals surface area (Å²) in [5.74, 6) is -0.0221. The Morgan fingerprint density at radius 2 is 1.84 bits per heavy atom. The molecule has 1 amide bonds. The number of nitrogens with one attached hydrogen (secondary N) is 1. The predicted molar refractivity (Wildman–Crippen MR) is 160 cm³/mol. The van der Waals surface area contributed by atoms with Gasteiger partial charge in [0.2, 0.25) is 5.91 Å². The Labute approximate surface area is 225 Å². The number of nitrogens with zero attached hydrogens (tertiary/aromatic N) is 1. The summed E-state index contributed by atoms with van der Waals surface area (Å²) >= 11 is 0. The first-order valence-corrected chi connectivity index (χ1v) is 13.5. The molecule has 0 bridgehead atoms. The molecule has 37 heavy (non-hydrogen) atoms. The van der Waals surface area contributed by atoms with Crippen molar-refractivity contribution in [2.75, 3.05) is 5.32 Å². The molecule has 1 heterocycles. The van der Waals surface area contributed by atoms with Crippen LogP contribution in [0.5, 0.6) is 0 Å². The van der Waals surface area contributed by atoms with E-state index < -0.39 is 0 Å². The van der Waals surface area contributed by atoms with E-state index in [0.717, 1.165) is 34.6 Å². The van der Waals surface area contributed by atoms with Crippen molar-refractivity contribution in [1.29, 1.82) is 0 Å². The van der Waals surface area contributed by atoms with E-state index in [1.807, 2.05) is 32.1 Å². The molecule has 0 aliphatic heterocycles. The minimum absolute atomic E-state index is 0.0221. The van der Waals surface area contributed by atoms with Crippen molar-refractivity contribution in [3.05, 3.63) is 100 Å². The molecule has 0 aromatic carbocycles. The van der Waals surface area contributed by atoms with Gasteiger partial charge in [0, 0.05) is 18.9 Å². The summed E-state index contributed by atoms with van der Waals surface area (Å²) in [6.45, 7) is 22.0. The zero-order valence-electron chi connectivity index (χ0n) is 24.4. The maximum absolute atomic E-state index is 12.8. The van der Waals surface area contributed by atoms with E-state index in [1.165, 1.54) is 36.0 Å². The van der Waals surface area contributed by atoms with Gasteiger partial charge in [0.05, 0.1) is 11.3 Å². The van der Waals surface area contributed by atoms with Crippen molar-refractivity contribution in [3.63, 3.8) is 0 Å². The normalized spacial score (nSPS) is 16.9. The molecular formula is C34H47N2O+. The van der Waals surface area contributed by atoms with Gasteiger partial charge < -0.3 is 5.32 Å². The Morgan fingerprint density at radius 1 is 1.11 bits per heavy atom. The molecule has 198 valence electrons. The molecule has 0 saturated carbocycles. The highest BCUT2D eigenvalue weighted by Gasteiger charge is 2.26. The lowest BCUT2D eigenvalue weighted by Crippen LogP contribution is -2.37. The maximum atomic E-state index is 12.8. The van der Waals surface area contributed by atoms with Crippen molar-refractivity contribution in [3.8, 4) is 0 Å². The molecule has 0 unspecified atom stereocenters. The number of carbonyl (C=O) groups is 1. The smallest absolute Gasteiger partial charge is 0.228 e. The van der Waals surface area contributed by atoms with Crippen LogP contribution in [-0.2, 0) is 11.3 Å². The maximum Gasteiger partial charge on any atom is 0.228 e. The summed E-state index contributed by atoms with van der Waals surface area (Å²) in [5.41, 5.74) is 9.57. The number of amides is 1. The van der Waals surface area contributed by atoms with E-state index in [-0.39, 0.29) is 11.3 Å². The molecule has 2 rings (SSSR count). The highest BCUT2D eigenvalue weighted by atomic mass is 16.1. The Bertz CT molecular complexity index is 1180. The standard InChI is InChI=1S/C34H46N2O/c1-10-12-18-30-29(7)36(11-2)24-28(6)33(30)35-32(37)22-20-26(4)16-13-15-25(3)19-21-31-27(5)17-14-23-34(31,8)9/h10,12-13,15-16,18-21,24H,1,11,14,17,22-23H2,2-9H3/p+1. The quantitative estimate of drug-likeness (QED) is 0.253. The van der Waals surface area contributed by atoms with E-state index in [0.29, 0.717) is 6.42 Å². The molecule has 1 aromatic rings. The Kier molecular flexibility index (Phi) is 11.3. The van der Waals surface area contributed by atoms with Crippen LogP contribution in [0.4, 0.5) is 5.69 Å². The van der Waals surface area contributed by atoms with E-state index in [9.17, 15) is 4.79 Å². The van der Waals surface area contributed by atoms with Crippen LogP contribution in [0, 0.1) is 19.3 Å². The second-order valence-electron chi connectivity index (χ2n) is 10.8. The van der Waals surface area contributed by atoms with Crippen LogP contribution in [0.15, 0.2) is 83.7 Å². The van der Waals surface area contributed by atoms with Gasteiger partial charge >= 0.3 is 0 Å². The van der Waals surface area contributed by atoms with Gasteiger partial charge in [-0.05, 0) is 70.9 Å². The van der Waals surface area contributed by atoms with Crippen molar-refractivity contribution in [1.82, 2.24) is 0 Å². The van der Waals surface area contributed by atoms with E-state index in [2.05, 4.69) is 94.6 Å². The second-order valence-corrected chi connectivity index (χ2v) is 10.8. The predicted octanol–water partition coefficient (Wildman–Crippen LogP) is 8.67. The minimum atomic E-state index is -0.0221. The number of carbonyl (C=O) groups excluding carboxylic acids is 1. The second kappa shape index (κ2) is 13.9. The van der Waals surface area contributed by atoms with Crippen molar-refractivity contribution in [2.24, 2.45) is 5.41 Å². The summed E-state index contributed by atoms with van der Waals surface area (Å²) in [6.07, 6.45) is 24.6. The Balaban J connectivity index is 2.06. The molecule has 0 saturated heterocycles. The third-order valence-corrected chi connectivity index (χ3v) is 7.22. The molecule has 0 fully saturated rings. The highest BCUT2D eigenvalue weighted by molar-refractivity contribution is 5.94. The molecular weight excluding hydrogens is 452 g/mol. The first-order valence-electron chi connectivity index (χ1n) is 13.5. The molecule has 1 N–H and O–H groups in total. The molecule has 1 aromatic heterocycles. The van der Waals surface area contributed by atoms with E-state index in [1.54, 1.807) is 6.08 Å². The lowest BCUT2D eigenvalue weighted by atomic mass is 9.72. The summed E-state index contributed by atoms with van der Waals surface area (Å²) < 4.78 is 2.20. The number of rotatable bonds is 10. The zero-order chi connectivity index (χ0) is 27.6. The van der Waals surface area contributed by atoms with Crippen molar-refractivity contribution >= 4 is 17.7 Å². The summed E-state index contributed by atoms with van der Waals surface area (Å²) in [6, 6.07) is 0. The van der Waals surface area contributed by atoms with E-state index >= 15 is 0 Å². The average molecular weight is 500 g/mol. The zero-order valence-corrected chi connectivity index (χ0v) is 24.4. The van der Waals surface area contributed by atoms with Gasteiger partial charge in [-0.1, -0.05) is 85.8 Å². The van der Waals surface area contributed by atoms with Gasteiger partial charge in [-0.2, -0.15) is 0 Å². The topological polar surface area (TPSA) is 33.0 Å². The molecule has 1 aliphatic rings. The van der Waals surface area contributed by atoms with Crippen LogP contribution in [0.1, 0.15) is 84.0 Å². The number of hydrogen-bond acceptors (Lipinski definition) is 1. The van der Waals surface area contributed by atoms with Crippen LogP contribution in [-0.4, -0.2) is 5.91 Å². The van der Waals surface area contributed by atoms with Gasteiger partial charge in [0.1, 0.15) is 6.54 Å². The number of hydrogen-bond donors (Lipinski definition) is 1. The number of allylic oxidation sites excluding steroid dienone is 11. The molecule has 0 radical (unpaired) electrons. The van der Waals surface area contributed by atoms with Gasteiger partial charge in [-0.15, -0.1) is 0 Å². The number of anilines is 1. The largest absolute Gasteiger partial charge is 0.325 e. The third kappa shape index (κ3) is 8.70. The van der Waals surface area contributed by atoms with Crippen LogP contribution < -0.4 is 9.88 Å². The lowest BCUT2D eigenvalue weighted by Gasteiger charge is -2.32. The first-order chi connectivity index (χ1) is 17.5. The molecule has 3 nitrogen and oxygen atoms in total.